The maximum Gasteiger partial charge on any atom is 0.127 e. The van der Waals surface area contributed by atoms with Crippen LogP contribution >= 0.6 is 0 Å². The minimum Gasteiger partial charge on any atom is -0.457 e. The summed E-state index contributed by atoms with van der Waals surface area (Å²) in [5.74, 6) is 1.80. The third kappa shape index (κ3) is 3.78. The molecule has 0 bridgehead atoms. The van der Waals surface area contributed by atoms with Gasteiger partial charge in [0.15, 0.2) is 0 Å². The van der Waals surface area contributed by atoms with Crippen molar-refractivity contribution in [3.8, 4) is 11.5 Å². The molecular formula is C19H23NO. The number of anilines is 1. The first-order valence-electron chi connectivity index (χ1n) is 7.91. The lowest BCUT2D eigenvalue weighted by molar-refractivity contribution is 0.482. The molecule has 2 heteroatoms. The molecule has 1 aliphatic rings. The van der Waals surface area contributed by atoms with Gasteiger partial charge in [-0.05, 0) is 61.7 Å². The summed E-state index contributed by atoms with van der Waals surface area (Å²) in [7, 11) is 0. The van der Waals surface area contributed by atoms with Gasteiger partial charge in [-0.2, -0.15) is 0 Å². The molecule has 110 valence electrons. The van der Waals surface area contributed by atoms with Crippen LogP contribution in [0.3, 0.4) is 0 Å². The van der Waals surface area contributed by atoms with Gasteiger partial charge in [0.1, 0.15) is 11.5 Å². The van der Waals surface area contributed by atoms with Crippen molar-refractivity contribution >= 4 is 5.69 Å². The Morgan fingerprint density at radius 2 is 1.52 bits per heavy atom. The molecule has 1 heterocycles. The van der Waals surface area contributed by atoms with Crippen molar-refractivity contribution in [3.63, 3.8) is 0 Å². The molecule has 0 aliphatic carbocycles. The zero-order valence-corrected chi connectivity index (χ0v) is 12.7. The van der Waals surface area contributed by atoms with Gasteiger partial charge in [0, 0.05) is 18.8 Å². The monoisotopic (exact) mass is 281 g/mol. The van der Waals surface area contributed by atoms with Crippen molar-refractivity contribution in [2.24, 2.45) is 0 Å². The fourth-order valence-electron chi connectivity index (χ4n) is 2.87. The molecule has 0 amide bonds. The predicted molar refractivity (Wildman–Crippen MR) is 88.4 cm³/mol. The van der Waals surface area contributed by atoms with E-state index in [-0.39, 0.29) is 0 Å². The molecule has 3 rings (SSSR count). The van der Waals surface area contributed by atoms with Crippen molar-refractivity contribution in [3.05, 3.63) is 54.1 Å². The molecule has 2 aromatic rings. The maximum atomic E-state index is 5.91. The van der Waals surface area contributed by atoms with E-state index in [9.17, 15) is 0 Å². The summed E-state index contributed by atoms with van der Waals surface area (Å²) >= 11 is 0. The van der Waals surface area contributed by atoms with Gasteiger partial charge >= 0.3 is 0 Å². The summed E-state index contributed by atoms with van der Waals surface area (Å²) in [6.07, 6.45) is 5.35. The lowest BCUT2D eigenvalue weighted by Gasteiger charge is -2.22. The minimum atomic E-state index is 0.900. The highest BCUT2D eigenvalue weighted by atomic mass is 16.5. The lowest BCUT2D eigenvalue weighted by atomic mass is 10.2. The predicted octanol–water partition coefficient (Wildman–Crippen LogP) is 5.17. The second kappa shape index (κ2) is 6.66. The van der Waals surface area contributed by atoms with Crippen molar-refractivity contribution in [2.45, 2.75) is 32.6 Å². The summed E-state index contributed by atoms with van der Waals surface area (Å²) in [5.41, 5.74) is 2.53. The number of ether oxygens (including phenoxy) is 1. The molecule has 0 atom stereocenters. The van der Waals surface area contributed by atoms with Crippen LogP contribution in [0.4, 0.5) is 5.69 Å². The number of hydrogen-bond donors (Lipinski definition) is 0. The van der Waals surface area contributed by atoms with Crippen LogP contribution in [-0.2, 0) is 0 Å². The van der Waals surface area contributed by atoms with Crippen LogP contribution in [0.15, 0.2) is 48.5 Å². The van der Waals surface area contributed by atoms with E-state index in [4.69, 9.17) is 4.74 Å². The fraction of sp³-hybridized carbons (Fsp3) is 0.368. The van der Waals surface area contributed by atoms with Crippen molar-refractivity contribution in [1.29, 1.82) is 0 Å². The van der Waals surface area contributed by atoms with Crippen LogP contribution < -0.4 is 9.64 Å². The molecule has 0 unspecified atom stereocenters. The van der Waals surface area contributed by atoms with E-state index < -0.39 is 0 Å². The average molecular weight is 281 g/mol. The van der Waals surface area contributed by atoms with Gasteiger partial charge in [-0.25, -0.2) is 0 Å². The van der Waals surface area contributed by atoms with E-state index in [1.165, 1.54) is 50.0 Å². The zero-order valence-electron chi connectivity index (χ0n) is 12.7. The Balaban J connectivity index is 1.68. The van der Waals surface area contributed by atoms with Crippen LogP contribution in [0.2, 0.25) is 0 Å². The fourth-order valence-corrected chi connectivity index (χ4v) is 2.87. The summed E-state index contributed by atoms with van der Waals surface area (Å²) < 4.78 is 5.91. The highest BCUT2D eigenvalue weighted by Gasteiger charge is 2.09. The quantitative estimate of drug-likeness (QED) is 0.769. The van der Waals surface area contributed by atoms with Crippen molar-refractivity contribution < 1.29 is 4.74 Å². The molecule has 0 radical (unpaired) electrons. The molecule has 2 nitrogen and oxygen atoms in total. The van der Waals surface area contributed by atoms with E-state index in [1.54, 1.807) is 0 Å². The highest BCUT2D eigenvalue weighted by Crippen LogP contribution is 2.26. The highest BCUT2D eigenvalue weighted by molar-refractivity contribution is 5.49. The molecule has 2 aromatic carbocycles. The number of rotatable bonds is 3. The van der Waals surface area contributed by atoms with Crippen LogP contribution in [0, 0.1) is 6.92 Å². The van der Waals surface area contributed by atoms with Crippen molar-refractivity contribution in [1.82, 2.24) is 0 Å². The molecular weight excluding hydrogens is 258 g/mol. The smallest absolute Gasteiger partial charge is 0.127 e. The average Bonchev–Trinajstić information content (AvgIpc) is 2.77. The van der Waals surface area contributed by atoms with Gasteiger partial charge in [-0.15, -0.1) is 0 Å². The van der Waals surface area contributed by atoms with E-state index in [2.05, 4.69) is 48.2 Å². The SMILES string of the molecule is Cc1cccc(Oc2ccc(N3CCCCCC3)cc2)c1. The maximum absolute atomic E-state index is 5.91. The number of nitrogens with zero attached hydrogens (tertiary/aromatic N) is 1. The van der Waals surface area contributed by atoms with Gasteiger partial charge in [0.25, 0.3) is 0 Å². The van der Waals surface area contributed by atoms with Gasteiger partial charge in [0.05, 0.1) is 0 Å². The Hall–Kier alpha value is -1.96. The van der Waals surface area contributed by atoms with E-state index in [0.717, 1.165) is 11.5 Å². The molecule has 0 spiro atoms. The lowest BCUT2D eigenvalue weighted by Crippen LogP contribution is -2.23. The van der Waals surface area contributed by atoms with Gasteiger partial charge in [0.2, 0.25) is 0 Å². The molecule has 0 aromatic heterocycles. The van der Waals surface area contributed by atoms with E-state index in [1.807, 2.05) is 12.1 Å². The molecule has 0 saturated carbocycles. The summed E-state index contributed by atoms with van der Waals surface area (Å²) in [4.78, 5) is 2.49. The van der Waals surface area contributed by atoms with Gasteiger partial charge < -0.3 is 9.64 Å². The number of aryl methyl sites for hydroxylation is 1. The summed E-state index contributed by atoms with van der Waals surface area (Å²) in [5, 5.41) is 0. The Morgan fingerprint density at radius 1 is 0.810 bits per heavy atom. The van der Waals surface area contributed by atoms with Crippen LogP contribution in [0.25, 0.3) is 0 Å². The molecule has 1 fully saturated rings. The minimum absolute atomic E-state index is 0.900. The third-order valence-corrected chi connectivity index (χ3v) is 4.03. The first-order valence-corrected chi connectivity index (χ1v) is 7.91. The standard InChI is InChI=1S/C19H23NO/c1-16-7-6-8-19(15-16)21-18-11-9-17(10-12-18)20-13-4-2-3-5-14-20/h6-12,15H,2-5,13-14H2,1H3. The first kappa shape index (κ1) is 14.0. The topological polar surface area (TPSA) is 12.5 Å². The molecule has 1 aliphatic heterocycles. The number of benzene rings is 2. The Labute approximate surface area is 127 Å². The van der Waals surface area contributed by atoms with E-state index >= 15 is 0 Å². The largest absolute Gasteiger partial charge is 0.457 e. The second-order valence-electron chi connectivity index (χ2n) is 5.81. The first-order chi connectivity index (χ1) is 10.3. The Morgan fingerprint density at radius 3 is 2.19 bits per heavy atom. The third-order valence-electron chi connectivity index (χ3n) is 4.03. The molecule has 21 heavy (non-hydrogen) atoms. The van der Waals surface area contributed by atoms with Gasteiger partial charge in [-0.3, -0.25) is 0 Å². The number of hydrogen-bond acceptors (Lipinski definition) is 2. The molecule has 0 N–H and O–H groups in total. The van der Waals surface area contributed by atoms with Crippen LogP contribution in [0.5, 0.6) is 11.5 Å². The van der Waals surface area contributed by atoms with Crippen molar-refractivity contribution in [2.75, 3.05) is 18.0 Å². The second-order valence-corrected chi connectivity index (χ2v) is 5.81. The van der Waals surface area contributed by atoms with Crippen LogP contribution in [-0.4, -0.2) is 13.1 Å². The summed E-state index contributed by atoms with van der Waals surface area (Å²) in [6, 6.07) is 16.7. The Bertz CT molecular complexity index is 568. The van der Waals surface area contributed by atoms with E-state index in [0.29, 0.717) is 0 Å². The molecule has 1 saturated heterocycles. The Kier molecular flexibility index (Phi) is 4.44. The summed E-state index contributed by atoms with van der Waals surface area (Å²) in [6.45, 7) is 4.44. The normalized spacial score (nSPS) is 15.6. The zero-order chi connectivity index (χ0) is 14.5. The van der Waals surface area contributed by atoms with Crippen LogP contribution in [0.1, 0.15) is 31.2 Å². The van der Waals surface area contributed by atoms with Gasteiger partial charge in [-0.1, -0.05) is 25.0 Å².